The number of fused-ring (bicyclic) bond motifs is 1. The Kier molecular flexibility index (Phi) is 3.79. The van der Waals surface area contributed by atoms with Gasteiger partial charge in [0.2, 0.25) is 0 Å². The minimum atomic E-state index is -1.30. The van der Waals surface area contributed by atoms with Crippen LogP contribution in [0.25, 0.3) is 0 Å². The standard InChI is InChI=1S/C15H14FNO3S/c16-11-1-3-12(4-2-11)21(18)9-10-7-14-15(8-13(10)17)20-6-5-19-14/h1-4,7-8H,5-6,9,17H2. The molecule has 3 rings (SSSR count). The molecule has 6 heteroatoms. The normalized spacial score (nSPS) is 14.7. The van der Waals surface area contributed by atoms with Crippen molar-refractivity contribution in [2.75, 3.05) is 18.9 Å². The summed E-state index contributed by atoms with van der Waals surface area (Å²) >= 11 is 0. The van der Waals surface area contributed by atoms with Crippen molar-refractivity contribution >= 4 is 16.5 Å². The molecule has 21 heavy (non-hydrogen) atoms. The SMILES string of the molecule is Nc1cc2c(cc1CS(=O)c1ccc(F)cc1)OCCO2. The zero-order chi connectivity index (χ0) is 14.8. The number of benzene rings is 2. The number of rotatable bonds is 3. The zero-order valence-electron chi connectivity index (χ0n) is 11.2. The van der Waals surface area contributed by atoms with Crippen molar-refractivity contribution < 1.29 is 18.1 Å². The number of nitrogens with two attached hydrogens (primary N) is 1. The van der Waals surface area contributed by atoms with Gasteiger partial charge in [0.25, 0.3) is 0 Å². The number of hydrogen-bond donors (Lipinski definition) is 1. The van der Waals surface area contributed by atoms with Crippen molar-refractivity contribution in [2.24, 2.45) is 0 Å². The molecule has 0 spiro atoms. The van der Waals surface area contributed by atoms with E-state index in [-0.39, 0.29) is 11.6 Å². The second-order valence-corrected chi connectivity index (χ2v) is 6.09. The summed E-state index contributed by atoms with van der Waals surface area (Å²) in [6, 6.07) is 9.05. The molecule has 110 valence electrons. The third-order valence-corrected chi connectivity index (χ3v) is 4.54. The highest BCUT2D eigenvalue weighted by molar-refractivity contribution is 7.84. The van der Waals surface area contributed by atoms with Crippen LogP contribution in [-0.2, 0) is 16.6 Å². The summed E-state index contributed by atoms with van der Waals surface area (Å²) in [4.78, 5) is 0.561. The highest BCUT2D eigenvalue weighted by Crippen LogP contribution is 2.35. The predicted octanol–water partition coefficient (Wildman–Crippen LogP) is 2.49. The molecule has 1 unspecified atom stereocenters. The minimum absolute atomic E-state index is 0.244. The molecule has 0 radical (unpaired) electrons. The molecule has 2 aromatic carbocycles. The van der Waals surface area contributed by atoms with Gasteiger partial charge in [0.1, 0.15) is 19.0 Å². The van der Waals surface area contributed by atoms with Crippen LogP contribution in [0.15, 0.2) is 41.3 Å². The molecule has 2 N–H and O–H groups in total. The van der Waals surface area contributed by atoms with Crippen LogP contribution in [-0.4, -0.2) is 17.4 Å². The molecule has 0 aromatic heterocycles. The maximum atomic E-state index is 12.9. The summed E-state index contributed by atoms with van der Waals surface area (Å²) in [5.41, 5.74) is 7.20. The van der Waals surface area contributed by atoms with Crippen LogP contribution in [0.3, 0.4) is 0 Å². The predicted molar refractivity (Wildman–Crippen MR) is 78.4 cm³/mol. The minimum Gasteiger partial charge on any atom is -0.486 e. The van der Waals surface area contributed by atoms with Gasteiger partial charge < -0.3 is 15.2 Å². The summed E-state index contributed by atoms with van der Waals surface area (Å²) in [6.07, 6.45) is 0. The van der Waals surface area contributed by atoms with Crippen LogP contribution >= 0.6 is 0 Å². The van der Waals surface area contributed by atoms with E-state index in [2.05, 4.69) is 0 Å². The van der Waals surface area contributed by atoms with E-state index in [1.165, 1.54) is 24.3 Å². The first kappa shape index (κ1) is 13.9. The Bertz CT molecular complexity index is 688. The Morgan fingerprint density at radius 3 is 2.38 bits per heavy atom. The van der Waals surface area contributed by atoms with Crippen molar-refractivity contribution in [1.29, 1.82) is 0 Å². The van der Waals surface area contributed by atoms with Crippen molar-refractivity contribution in [3.63, 3.8) is 0 Å². The monoisotopic (exact) mass is 307 g/mol. The Labute approximate surface area is 124 Å². The largest absolute Gasteiger partial charge is 0.486 e. The van der Waals surface area contributed by atoms with Crippen molar-refractivity contribution in [3.05, 3.63) is 47.8 Å². The summed E-state index contributed by atoms with van der Waals surface area (Å²) < 4.78 is 36.1. The molecule has 1 heterocycles. The van der Waals surface area contributed by atoms with E-state index in [0.717, 1.165) is 5.56 Å². The molecule has 0 bridgehead atoms. The van der Waals surface area contributed by atoms with Crippen molar-refractivity contribution in [3.8, 4) is 11.5 Å². The maximum absolute atomic E-state index is 12.9. The molecule has 0 saturated carbocycles. The van der Waals surface area contributed by atoms with E-state index in [4.69, 9.17) is 15.2 Å². The molecular weight excluding hydrogens is 293 g/mol. The van der Waals surface area contributed by atoms with E-state index in [1.807, 2.05) is 0 Å². The fourth-order valence-corrected chi connectivity index (χ4v) is 3.22. The van der Waals surface area contributed by atoms with Gasteiger partial charge in [-0.2, -0.15) is 0 Å². The zero-order valence-corrected chi connectivity index (χ0v) is 12.0. The Balaban J connectivity index is 1.84. The molecule has 4 nitrogen and oxygen atoms in total. The van der Waals surface area contributed by atoms with E-state index in [1.54, 1.807) is 12.1 Å². The summed E-state index contributed by atoms with van der Waals surface area (Å²) in [7, 11) is -1.30. The van der Waals surface area contributed by atoms with Gasteiger partial charge in [-0.3, -0.25) is 4.21 Å². The lowest BCUT2D eigenvalue weighted by Gasteiger charge is -2.20. The summed E-state index contributed by atoms with van der Waals surface area (Å²) in [5, 5.41) is 0. The van der Waals surface area contributed by atoms with E-state index in [0.29, 0.717) is 35.3 Å². The molecule has 1 aliphatic heterocycles. The van der Waals surface area contributed by atoms with E-state index in [9.17, 15) is 8.60 Å². The molecular formula is C15H14FNO3S. The smallest absolute Gasteiger partial charge is 0.163 e. The first-order chi connectivity index (χ1) is 10.1. The summed E-state index contributed by atoms with van der Waals surface area (Å²) in [6.45, 7) is 0.977. The van der Waals surface area contributed by atoms with Crippen LogP contribution in [0, 0.1) is 5.82 Å². The van der Waals surface area contributed by atoms with Crippen LogP contribution in [0.1, 0.15) is 5.56 Å². The van der Waals surface area contributed by atoms with Gasteiger partial charge in [0.05, 0.1) is 16.6 Å². The third-order valence-electron chi connectivity index (χ3n) is 3.17. The molecule has 2 aromatic rings. The maximum Gasteiger partial charge on any atom is 0.163 e. The first-order valence-corrected chi connectivity index (χ1v) is 7.77. The molecule has 0 fully saturated rings. The molecule has 1 aliphatic rings. The van der Waals surface area contributed by atoms with Crippen molar-refractivity contribution in [1.82, 2.24) is 0 Å². The van der Waals surface area contributed by atoms with Gasteiger partial charge in [-0.05, 0) is 35.9 Å². The van der Waals surface area contributed by atoms with Gasteiger partial charge in [-0.15, -0.1) is 0 Å². The van der Waals surface area contributed by atoms with Crippen LogP contribution in [0.5, 0.6) is 11.5 Å². The topological polar surface area (TPSA) is 61.6 Å². The Morgan fingerprint density at radius 2 is 1.71 bits per heavy atom. The highest BCUT2D eigenvalue weighted by Gasteiger charge is 2.16. The number of hydrogen-bond acceptors (Lipinski definition) is 4. The van der Waals surface area contributed by atoms with Crippen LogP contribution < -0.4 is 15.2 Å². The Morgan fingerprint density at radius 1 is 1.10 bits per heavy atom. The number of ether oxygens (including phenoxy) is 2. The fraction of sp³-hybridized carbons (Fsp3) is 0.200. The van der Waals surface area contributed by atoms with Gasteiger partial charge in [-0.1, -0.05) is 0 Å². The average molecular weight is 307 g/mol. The summed E-state index contributed by atoms with van der Waals surface area (Å²) in [5.74, 6) is 1.11. The molecule has 0 aliphatic carbocycles. The molecule has 0 amide bonds. The lowest BCUT2D eigenvalue weighted by Crippen LogP contribution is -2.16. The van der Waals surface area contributed by atoms with Gasteiger partial charge in [0.15, 0.2) is 11.5 Å². The van der Waals surface area contributed by atoms with Gasteiger partial charge >= 0.3 is 0 Å². The second kappa shape index (κ2) is 5.73. The fourth-order valence-electron chi connectivity index (χ4n) is 2.08. The lowest BCUT2D eigenvalue weighted by atomic mass is 10.2. The van der Waals surface area contributed by atoms with Crippen molar-refractivity contribution in [2.45, 2.75) is 10.6 Å². The quantitative estimate of drug-likeness (QED) is 0.885. The lowest BCUT2D eigenvalue weighted by molar-refractivity contribution is 0.171. The third kappa shape index (κ3) is 3.00. The molecule has 0 saturated heterocycles. The first-order valence-electron chi connectivity index (χ1n) is 6.45. The number of anilines is 1. The number of halogens is 1. The van der Waals surface area contributed by atoms with Crippen LogP contribution in [0.4, 0.5) is 10.1 Å². The van der Waals surface area contributed by atoms with E-state index >= 15 is 0 Å². The van der Waals surface area contributed by atoms with Gasteiger partial charge in [-0.25, -0.2) is 4.39 Å². The highest BCUT2D eigenvalue weighted by atomic mass is 32.2. The number of nitrogen functional groups attached to an aromatic ring is 1. The Hall–Kier alpha value is -2.08. The van der Waals surface area contributed by atoms with Gasteiger partial charge in [0, 0.05) is 16.6 Å². The average Bonchev–Trinajstić information content (AvgIpc) is 2.48. The molecule has 1 atom stereocenters. The second-order valence-electron chi connectivity index (χ2n) is 4.64. The van der Waals surface area contributed by atoms with Crippen LogP contribution in [0.2, 0.25) is 0 Å². The van der Waals surface area contributed by atoms with E-state index < -0.39 is 10.8 Å².